The van der Waals surface area contributed by atoms with Crippen LogP contribution in [0.3, 0.4) is 0 Å². The summed E-state index contributed by atoms with van der Waals surface area (Å²) in [7, 11) is 0. The van der Waals surface area contributed by atoms with E-state index in [1.165, 1.54) is 17.2 Å². The van der Waals surface area contributed by atoms with Gasteiger partial charge < -0.3 is 24.7 Å². The van der Waals surface area contributed by atoms with E-state index in [4.69, 9.17) is 9.47 Å². The first-order valence-corrected chi connectivity index (χ1v) is 11.1. The molecule has 1 aliphatic heterocycles. The van der Waals surface area contributed by atoms with Gasteiger partial charge in [0.25, 0.3) is 0 Å². The molecule has 170 valence electrons. The van der Waals surface area contributed by atoms with Gasteiger partial charge in [-0.15, -0.1) is 6.42 Å². The molecule has 7 heteroatoms. The Morgan fingerprint density at radius 3 is 2.44 bits per heavy atom. The molecule has 1 fully saturated rings. The van der Waals surface area contributed by atoms with Crippen LogP contribution >= 0.6 is 0 Å². The average molecular weight is 451 g/mol. The minimum Gasteiger partial charge on any atom is -0.870 e. The Morgan fingerprint density at radius 1 is 1.09 bits per heavy atom. The Kier molecular flexibility index (Phi) is 13.8. The van der Waals surface area contributed by atoms with E-state index in [9.17, 15) is 9.59 Å². The molecule has 2 N–H and O–H groups in total. The number of rotatable bonds is 11. The Morgan fingerprint density at radius 2 is 1.81 bits per heavy atom. The van der Waals surface area contributed by atoms with Crippen molar-refractivity contribution < 1.29 is 49.3 Å². The summed E-state index contributed by atoms with van der Waals surface area (Å²) in [5.41, 5.74) is 3.98. The molecular formula is C25H33NNaO5-. The van der Waals surface area contributed by atoms with Gasteiger partial charge in [-0.05, 0) is 56.1 Å². The van der Waals surface area contributed by atoms with E-state index >= 15 is 0 Å². The summed E-state index contributed by atoms with van der Waals surface area (Å²) in [6.45, 7) is 3.39. The van der Waals surface area contributed by atoms with Crippen molar-refractivity contribution in [3.8, 4) is 5.88 Å². The van der Waals surface area contributed by atoms with E-state index in [2.05, 4.69) is 36.2 Å². The Bertz CT molecular complexity index is 860. The summed E-state index contributed by atoms with van der Waals surface area (Å²) >= 11 is 0. The first-order valence-electron chi connectivity index (χ1n) is 11.1. The SMILES string of the molecule is CCCc1ccc(CCc2[nH]c(OCC3CCCCO3)cc(=O)c2CC[C-]=O)cc1.[Na+].[OH-]. The van der Waals surface area contributed by atoms with Gasteiger partial charge in [-0.3, -0.25) is 11.1 Å². The van der Waals surface area contributed by atoms with Crippen LogP contribution in [0.1, 0.15) is 61.4 Å². The van der Waals surface area contributed by atoms with Gasteiger partial charge in [-0.1, -0.05) is 37.6 Å². The number of hydrogen-bond donors (Lipinski definition) is 1. The third-order valence-corrected chi connectivity index (χ3v) is 5.60. The van der Waals surface area contributed by atoms with Crippen molar-refractivity contribution in [2.24, 2.45) is 0 Å². The monoisotopic (exact) mass is 450 g/mol. The fourth-order valence-electron chi connectivity index (χ4n) is 3.91. The van der Waals surface area contributed by atoms with Gasteiger partial charge in [0, 0.05) is 23.9 Å². The second-order valence-corrected chi connectivity index (χ2v) is 7.97. The van der Waals surface area contributed by atoms with Crippen LogP contribution in [0.2, 0.25) is 0 Å². The maximum atomic E-state index is 12.7. The van der Waals surface area contributed by atoms with Crippen LogP contribution in [0.5, 0.6) is 5.88 Å². The van der Waals surface area contributed by atoms with Crippen LogP contribution in [0.25, 0.3) is 0 Å². The molecule has 0 aliphatic carbocycles. The van der Waals surface area contributed by atoms with Crippen LogP contribution in [-0.2, 0) is 35.2 Å². The second kappa shape index (κ2) is 15.4. The molecular weight excluding hydrogens is 417 g/mol. The van der Waals surface area contributed by atoms with E-state index < -0.39 is 0 Å². The van der Waals surface area contributed by atoms with Crippen molar-refractivity contribution >= 4 is 6.29 Å². The molecule has 0 spiro atoms. The van der Waals surface area contributed by atoms with E-state index in [1.54, 1.807) is 0 Å². The molecule has 0 bridgehead atoms. The smallest absolute Gasteiger partial charge is 0.870 e. The Balaban J connectivity index is 0.00000256. The van der Waals surface area contributed by atoms with Gasteiger partial charge in [0.05, 0.1) is 6.10 Å². The number of H-pyrrole nitrogens is 1. The van der Waals surface area contributed by atoms with E-state index in [0.717, 1.165) is 50.8 Å². The third kappa shape index (κ3) is 8.83. The second-order valence-electron chi connectivity index (χ2n) is 7.97. The minimum absolute atomic E-state index is 0. The van der Waals surface area contributed by atoms with Crippen LogP contribution < -0.4 is 39.7 Å². The number of ether oxygens (including phenoxy) is 2. The van der Waals surface area contributed by atoms with Gasteiger partial charge in [-0.25, -0.2) is 0 Å². The molecule has 1 aliphatic rings. The van der Waals surface area contributed by atoms with Crippen molar-refractivity contribution in [1.29, 1.82) is 0 Å². The fourth-order valence-corrected chi connectivity index (χ4v) is 3.91. The van der Waals surface area contributed by atoms with Crippen LogP contribution in [0, 0.1) is 0 Å². The molecule has 2 aromatic rings. The van der Waals surface area contributed by atoms with Crippen LogP contribution in [0.15, 0.2) is 35.1 Å². The van der Waals surface area contributed by atoms with E-state index in [1.807, 2.05) is 6.29 Å². The quantitative estimate of drug-likeness (QED) is 0.406. The summed E-state index contributed by atoms with van der Waals surface area (Å²) in [6.07, 6.45) is 9.55. The van der Waals surface area contributed by atoms with Crippen molar-refractivity contribution in [1.82, 2.24) is 4.98 Å². The van der Waals surface area contributed by atoms with Crippen LogP contribution in [0.4, 0.5) is 0 Å². The zero-order valence-electron chi connectivity index (χ0n) is 19.3. The zero-order valence-corrected chi connectivity index (χ0v) is 21.3. The summed E-state index contributed by atoms with van der Waals surface area (Å²) in [4.78, 5) is 26.7. The van der Waals surface area contributed by atoms with Crippen molar-refractivity contribution in [3.05, 3.63) is 62.9 Å². The maximum absolute atomic E-state index is 12.7. The molecule has 1 saturated heterocycles. The molecule has 0 radical (unpaired) electrons. The number of carbonyl (C=O) groups excluding carboxylic acids is 1. The first-order chi connectivity index (χ1) is 14.7. The summed E-state index contributed by atoms with van der Waals surface area (Å²) in [5.74, 6) is 0.473. The van der Waals surface area contributed by atoms with Crippen LogP contribution in [-0.4, -0.2) is 36.1 Å². The Hall–Kier alpha value is -1.44. The number of pyridine rings is 1. The number of aromatic amines is 1. The van der Waals surface area contributed by atoms with Gasteiger partial charge in [0.15, 0.2) is 11.3 Å². The number of hydrogen-bond acceptors (Lipinski definition) is 5. The predicted molar refractivity (Wildman–Crippen MR) is 120 cm³/mol. The fraction of sp³-hybridized carbons (Fsp3) is 0.520. The molecule has 0 saturated carbocycles. The van der Waals surface area contributed by atoms with E-state index in [-0.39, 0.29) is 53.0 Å². The molecule has 32 heavy (non-hydrogen) atoms. The van der Waals surface area contributed by atoms with Gasteiger partial charge >= 0.3 is 29.6 Å². The molecule has 2 heterocycles. The van der Waals surface area contributed by atoms with Crippen molar-refractivity contribution in [2.75, 3.05) is 13.2 Å². The van der Waals surface area contributed by atoms with Crippen molar-refractivity contribution in [2.45, 2.75) is 70.8 Å². The summed E-state index contributed by atoms with van der Waals surface area (Å²) < 4.78 is 11.6. The molecule has 6 nitrogen and oxygen atoms in total. The Labute approximate surface area is 212 Å². The molecule has 0 amide bonds. The van der Waals surface area contributed by atoms with Crippen molar-refractivity contribution in [3.63, 3.8) is 0 Å². The topological polar surface area (TPSA) is 98.4 Å². The zero-order chi connectivity index (χ0) is 21.2. The number of aryl methyl sites for hydroxylation is 3. The number of benzene rings is 1. The van der Waals surface area contributed by atoms with Gasteiger partial charge in [0.1, 0.15) is 6.61 Å². The standard InChI is InChI=1S/C25H32NO4.Na.H2O/c1-2-6-19-9-11-20(12-10-19)13-14-23-22(8-5-15-27)24(28)17-25(26-23)30-18-21-7-3-4-16-29-21;;/h9-12,17,21H,2-8,13-14,16,18H2,1H3,(H,26,28);;1H2/q-1;+1;/p-1. The molecule has 3 rings (SSSR count). The maximum Gasteiger partial charge on any atom is 1.00 e. The van der Waals surface area contributed by atoms with Gasteiger partial charge in [-0.2, -0.15) is 0 Å². The normalized spacial score (nSPS) is 15.3. The third-order valence-electron chi connectivity index (χ3n) is 5.60. The van der Waals surface area contributed by atoms with E-state index in [0.29, 0.717) is 30.9 Å². The first kappa shape index (κ1) is 28.6. The number of aromatic nitrogens is 1. The molecule has 1 aromatic carbocycles. The van der Waals surface area contributed by atoms with Gasteiger partial charge in [0.2, 0.25) is 0 Å². The largest absolute Gasteiger partial charge is 1.00 e. The molecule has 1 aromatic heterocycles. The number of nitrogens with one attached hydrogen (secondary N) is 1. The summed E-state index contributed by atoms with van der Waals surface area (Å²) in [6, 6.07) is 10.2. The summed E-state index contributed by atoms with van der Waals surface area (Å²) in [5, 5.41) is 0. The molecule has 1 atom stereocenters. The predicted octanol–water partition coefficient (Wildman–Crippen LogP) is 0.930. The average Bonchev–Trinajstić information content (AvgIpc) is 2.77. The molecule has 1 unspecified atom stereocenters. The minimum atomic E-state index is -0.0862.